The van der Waals surface area contributed by atoms with Crippen molar-refractivity contribution in [1.29, 1.82) is 0 Å². The summed E-state index contributed by atoms with van der Waals surface area (Å²) in [5.74, 6) is -1.38. The second-order valence-electron chi connectivity index (χ2n) is 4.93. The van der Waals surface area contributed by atoms with Gasteiger partial charge in [0.1, 0.15) is 5.82 Å². The lowest BCUT2D eigenvalue weighted by atomic mass is 10.1. The fraction of sp³-hybridized carbons (Fsp3) is 0.176. The Morgan fingerprint density at radius 2 is 1.91 bits per heavy atom. The lowest BCUT2D eigenvalue weighted by molar-refractivity contribution is 0.0600. The van der Waals surface area contributed by atoms with Gasteiger partial charge in [-0.05, 0) is 42.8 Å². The topological polar surface area (TPSA) is 55.4 Å². The molecule has 2 aromatic carbocycles. The van der Waals surface area contributed by atoms with Gasteiger partial charge in [0.15, 0.2) is 0 Å². The van der Waals surface area contributed by atoms with Gasteiger partial charge in [0.25, 0.3) is 5.91 Å². The van der Waals surface area contributed by atoms with Gasteiger partial charge in [-0.15, -0.1) is 0 Å². The fourth-order valence-electron chi connectivity index (χ4n) is 2.11. The van der Waals surface area contributed by atoms with Crippen LogP contribution in [0.2, 0.25) is 5.02 Å². The summed E-state index contributed by atoms with van der Waals surface area (Å²) in [4.78, 5) is 23.6. The monoisotopic (exact) mass is 335 g/mol. The third-order valence-electron chi connectivity index (χ3n) is 3.32. The van der Waals surface area contributed by atoms with Crippen LogP contribution in [0.3, 0.4) is 0 Å². The average Bonchev–Trinajstić information content (AvgIpc) is 2.53. The fourth-order valence-corrected chi connectivity index (χ4v) is 2.45. The van der Waals surface area contributed by atoms with E-state index in [2.05, 4.69) is 10.1 Å². The van der Waals surface area contributed by atoms with E-state index >= 15 is 0 Å². The van der Waals surface area contributed by atoms with E-state index in [9.17, 15) is 14.0 Å². The first kappa shape index (κ1) is 17.0. The number of carbonyl (C=O) groups is 2. The quantitative estimate of drug-likeness (QED) is 0.866. The highest BCUT2D eigenvalue weighted by Gasteiger charge is 2.16. The van der Waals surface area contributed by atoms with Gasteiger partial charge >= 0.3 is 5.97 Å². The first-order valence-corrected chi connectivity index (χ1v) is 7.24. The SMILES string of the molecule is COC(=O)c1ccc(C(C)NC(=O)c2cccc(F)c2)c(Cl)c1. The van der Waals surface area contributed by atoms with Gasteiger partial charge in [-0.1, -0.05) is 23.7 Å². The van der Waals surface area contributed by atoms with E-state index in [1.54, 1.807) is 19.1 Å². The van der Waals surface area contributed by atoms with Gasteiger partial charge < -0.3 is 10.1 Å². The molecule has 0 spiro atoms. The number of methoxy groups -OCH3 is 1. The number of nitrogens with one attached hydrogen (secondary N) is 1. The molecule has 0 bridgehead atoms. The Labute approximate surface area is 138 Å². The van der Waals surface area contributed by atoms with Crippen molar-refractivity contribution in [3.63, 3.8) is 0 Å². The summed E-state index contributed by atoms with van der Waals surface area (Å²) in [5, 5.41) is 3.07. The standard InChI is InChI=1S/C17H15ClFNO3/c1-10(20-16(21)11-4-3-5-13(19)8-11)14-7-6-12(9-15(14)18)17(22)23-2/h3-10H,1-2H3,(H,20,21). The molecule has 0 saturated heterocycles. The van der Waals surface area contributed by atoms with Crippen LogP contribution in [-0.2, 0) is 4.74 Å². The maximum Gasteiger partial charge on any atom is 0.337 e. The molecule has 0 aliphatic heterocycles. The molecular formula is C17H15ClFNO3. The van der Waals surface area contributed by atoms with Crippen LogP contribution in [-0.4, -0.2) is 19.0 Å². The van der Waals surface area contributed by atoms with Crippen LogP contribution >= 0.6 is 11.6 Å². The smallest absolute Gasteiger partial charge is 0.337 e. The third-order valence-corrected chi connectivity index (χ3v) is 3.65. The Morgan fingerprint density at radius 3 is 2.52 bits per heavy atom. The predicted octanol–water partition coefficient (Wildman–Crippen LogP) is 3.76. The van der Waals surface area contributed by atoms with E-state index in [1.807, 2.05) is 0 Å². The Hall–Kier alpha value is -2.40. The first-order chi connectivity index (χ1) is 10.9. The highest BCUT2D eigenvalue weighted by Crippen LogP contribution is 2.24. The van der Waals surface area contributed by atoms with Crippen molar-refractivity contribution in [2.24, 2.45) is 0 Å². The molecule has 1 unspecified atom stereocenters. The first-order valence-electron chi connectivity index (χ1n) is 6.86. The molecule has 0 fully saturated rings. The van der Waals surface area contributed by atoms with E-state index in [-0.39, 0.29) is 5.56 Å². The molecule has 0 aliphatic carbocycles. The van der Waals surface area contributed by atoms with E-state index in [1.165, 1.54) is 31.4 Å². The molecule has 6 heteroatoms. The van der Waals surface area contributed by atoms with Crippen LogP contribution in [0.4, 0.5) is 4.39 Å². The summed E-state index contributed by atoms with van der Waals surface area (Å²) >= 11 is 6.16. The van der Waals surface area contributed by atoms with Crippen molar-refractivity contribution >= 4 is 23.5 Å². The predicted molar refractivity (Wildman–Crippen MR) is 85.1 cm³/mol. The minimum Gasteiger partial charge on any atom is -0.465 e. The lowest BCUT2D eigenvalue weighted by Crippen LogP contribution is -2.27. The van der Waals surface area contributed by atoms with Crippen molar-refractivity contribution < 1.29 is 18.7 Å². The molecule has 0 saturated carbocycles. The largest absolute Gasteiger partial charge is 0.465 e. The van der Waals surface area contributed by atoms with Gasteiger partial charge in [-0.2, -0.15) is 0 Å². The molecule has 1 N–H and O–H groups in total. The zero-order valence-corrected chi connectivity index (χ0v) is 13.4. The second-order valence-corrected chi connectivity index (χ2v) is 5.34. The van der Waals surface area contributed by atoms with Crippen LogP contribution in [0.1, 0.15) is 39.2 Å². The van der Waals surface area contributed by atoms with E-state index in [4.69, 9.17) is 11.6 Å². The number of esters is 1. The maximum atomic E-state index is 13.2. The zero-order valence-electron chi connectivity index (χ0n) is 12.6. The molecular weight excluding hydrogens is 321 g/mol. The molecule has 0 heterocycles. The summed E-state index contributed by atoms with van der Waals surface area (Å²) < 4.78 is 17.8. The normalized spacial score (nSPS) is 11.7. The minimum atomic E-state index is -0.491. The van der Waals surface area contributed by atoms with Crippen molar-refractivity contribution in [3.05, 3.63) is 70.0 Å². The number of amides is 1. The van der Waals surface area contributed by atoms with E-state index < -0.39 is 23.7 Å². The summed E-state index contributed by atoms with van der Waals surface area (Å²) in [5.41, 5.74) is 1.19. The van der Waals surface area contributed by atoms with Crippen LogP contribution in [0.5, 0.6) is 0 Å². The number of rotatable bonds is 4. The minimum absolute atomic E-state index is 0.221. The Morgan fingerprint density at radius 1 is 1.17 bits per heavy atom. The molecule has 2 aromatic rings. The molecule has 0 aliphatic rings. The van der Waals surface area contributed by atoms with E-state index in [0.29, 0.717) is 16.1 Å². The molecule has 120 valence electrons. The lowest BCUT2D eigenvalue weighted by Gasteiger charge is -2.16. The van der Waals surface area contributed by atoms with Gasteiger partial charge in [0.2, 0.25) is 0 Å². The molecule has 0 aromatic heterocycles. The molecule has 23 heavy (non-hydrogen) atoms. The number of hydrogen-bond donors (Lipinski definition) is 1. The molecule has 4 nitrogen and oxygen atoms in total. The van der Waals surface area contributed by atoms with Gasteiger partial charge in [0.05, 0.1) is 18.7 Å². The number of hydrogen-bond acceptors (Lipinski definition) is 3. The zero-order chi connectivity index (χ0) is 17.0. The Balaban J connectivity index is 2.16. The summed E-state index contributed by atoms with van der Waals surface area (Å²) in [7, 11) is 1.28. The molecule has 2 rings (SSSR count). The van der Waals surface area contributed by atoms with Crippen molar-refractivity contribution in [2.75, 3.05) is 7.11 Å². The van der Waals surface area contributed by atoms with Crippen LogP contribution in [0.25, 0.3) is 0 Å². The van der Waals surface area contributed by atoms with Gasteiger partial charge in [-0.3, -0.25) is 4.79 Å². The Bertz CT molecular complexity index is 748. The number of carbonyl (C=O) groups excluding carboxylic acids is 2. The third kappa shape index (κ3) is 4.07. The average molecular weight is 336 g/mol. The van der Waals surface area contributed by atoms with Crippen LogP contribution < -0.4 is 5.32 Å². The van der Waals surface area contributed by atoms with E-state index in [0.717, 1.165) is 6.07 Å². The molecule has 0 radical (unpaired) electrons. The number of benzene rings is 2. The summed E-state index contributed by atoms with van der Waals surface area (Å²) in [6.07, 6.45) is 0. The second kappa shape index (κ2) is 7.24. The highest BCUT2D eigenvalue weighted by atomic mass is 35.5. The van der Waals surface area contributed by atoms with Crippen LogP contribution in [0, 0.1) is 5.82 Å². The van der Waals surface area contributed by atoms with Crippen LogP contribution in [0.15, 0.2) is 42.5 Å². The summed E-state index contributed by atoms with van der Waals surface area (Å²) in [6.45, 7) is 1.75. The molecule has 1 amide bonds. The number of halogens is 2. The van der Waals surface area contributed by atoms with Crippen molar-refractivity contribution in [2.45, 2.75) is 13.0 Å². The van der Waals surface area contributed by atoms with Gasteiger partial charge in [-0.25, -0.2) is 9.18 Å². The van der Waals surface area contributed by atoms with Crippen molar-refractivity contribution in [3.8, 4) is 0 Å². The maximum absolute atomic E-state index is 13.2. The molecule has 1 atom stereocenters. The highest BCUT2D eigenvalue weighted by molar-refractivity contribution is 6.31. The van der Waals surface area contributed by atoms with Crippen molar-refractivity contribution in [1.82, 2.24) is 5.32 Å². The van der Waals surface area contributed by atoms with Gasteiger partial charge in [0, 0.05) is 10.6 Å². The number of ether oxygens (including phenoxy) is 1. The Kier molecular flexibility index (Phi) is 5.34. The summed E-state index contributed by atoms with van der Waals surface area (Å²) in [6, 6.07) is 9.69.